The number of nitrogens with zero attached hydrogens (tertiary/aromatic N) is 4. The second-order valence-electron chi connectivity index (χ2n) is 11.7. The lowest BCUT2D eigenvalue weighted by Gasteiger charge is -2.45. The summed E-state index contributed by atoms with van der Waals surface area (Å²) in [6.07, 6.45) is -5.15. The van der Waals surface area contributed by atoms with Gasteiger partial charge in [-0.25, -0.2) is 9.59 Å². The molecule has 2 aliphatic rings. The van der Waals surface area contributed by atoms with Crippen molar-refractivity contribution in [1.29, 1.82) is 0 Å². The molecule has 1 fully saturated rings. The molecule has 3 aromatic rings. The highest BCUT2D eigenvalue weighted by molar-refractivity contribution is 7.99. The summed E-state index contributed by atoms with van der Waals surface area (Å²) in [5.74, 6) is 0.502. The number of thioether (sulfide) groups is 1. The summed E-state index contributed by atoms with van der Waals surface area (Å²) in [7, 11) is 1.52. The lowest BCUT2D eigenvalue weighted by molar-refractivity contribution is -0.137. The standard InChI is InChI=1S/C28H32ClF3N4O4S2/c1-14-9-34(10-15(2)35(14)26(38)40-27(3,4)5)24-18-8-19(28(30,31)32)21(20-7-16(29)12-41-20)23-22(18)36(25(37)33-24)17(11-39-6)13-42-23/h7-8,12,14-15,17H,9-11,13H2,1-6H3/t14-,15+,17-/m0/s1. The molecule has 0 spiro atoms. The number of aromatic nitrogens is 2. The average Bonchev–Trinajstić information content (AvgIpc) is 3.29. The van der Waals surface area contributed by atoms with Crippen molar-refractivity contribution >= 4 is 57.5 Å². The highest BCUT2D eigenvalue weighted by Gasteiger charge is 2.41. The predicted octanol–water partition coefficient (Wildman–Crippen LogP) is 6.92. The van der Waals surface area contributed by atoms with Crippen molar-refractivity contribution in [2.45, 2.75) is 69.4 Å². The molecule has 1 saturated heterocycles. The van der Waals surface area contributed by atoms with Gasteiger partial charge in [0.2, 0.25) is 0 Å². The van der Waals surface area contributed by atoms with Crippen molar-refractivity contribution < 1.29 is 27.4 Å². The van der Waals surface area contributed by atoms with Gasteiger partial charge in [0, 0.05) is 52.1 Å². The number of halogens is 4. The Balaban J connectivity index is 1.72. The summed E-state index contributed by atoms with van der Waals surface area (Å²) in [5, 5.41) is 2.15. The van der Waals surface area contributed by atoms with Crippen LogP contribution in [0, 0.1) is 0 Å². The minimum absolute atomic E-state index is 0.00884. The fraction of sp³-hybridized carbons (Fsp3) is 0.536. The number of piperazine rings is 1. The molecule has 14 heteroatoms. The Morgan fingerprint density at radius 1 is 1.17 bits per heavy atom. The first-order valence-electron chi connectivity index (χ1n) is 13.4. The molecule has 4 heterocycles. The molecule has 1 aromatic carbocycles. The molecule has 1 amide bonds. The molecule has 2 aromatic heterocycles. The zero-order valence-corrected chi connectivity index (χ0v) is 26.4. The van der Waals surface area contributed by atoms with Crippen LogP contribution >= 0.6 is 34.7 Å². The summed E-state index contributed by atoms with van der Waals surface area (Å²) < 4.78 is 56.6. The fourth-order valence-electron chi connectivity index (χ4n) is 5.73. The molecule has 8 nitrogen and oxygen atoms in total. The molecule has 0 bridgehead atoms. The van der Waals surface area contributed by atoms with E-state index in [0.29, 0.717) is 26.1 Å². The Labute approximate surface area is 254 Å². The normalized spacial score (nSPS) is 21.2. The molecule has 42 heavy (non-hydrogen) atoms. The van der Waals surface area contributed by atoms with Gasteiger partial charge in [0.25, 0.3) is 0 Å². The van der Waals surface area contributed by atoms with Gasteiger partial charge in [0.05, 0.1) is 40.8 Å². The Hall–Kier alpha value is -2.48. The first-order valence-corrected chi connectivity index (χ1v) is 15.7. The molecule has 0 radical (unpaired) electrons. The number of ether oxygens (including phenoxy) is 2. The van der Waals surface area contributed by atoms with Gasteiger partial charge in [-0.05, 0) is 46.8 Å². The molecule has 0 saturated carbocycles. The summed E-state index contributed by atoms with van der Waals surface area (Å²) >= 11 is 8.54. The number of methoxy groups -OCH3 is 1. The zero-order chi connectivity index (χ0) is 30.7. The molecular weight excluding hydrogens is 613 g/mol. The number of benzene rings is 1. The van der Waals surface area contributed by atoms with Crippen molar-refractivity contribution in [2.75, 3.05) is 37.5 Å². The van der Waals surface area contributed by atoms with Crippen LogP contribution in [0.15, 0.2) is 27.2 Å². The van der Waals surface area contributed by atoms with Crippen molar-refractivity contribution in [3.05, 3.63) is 38.6 Å². The maximum atomic E-state index is 14.7. The molecule has 2 aliphatic heterocycles. The number of thiophene rings is 1. The van der Waals surface area contributed by atoms with Gasteiger partial charge >= 0.3 is 18.0 Å². The van der Waals surface area contributed by atoms with E-state index in [4.69, 9.17) is 21.1 Å². The van der Waals surface area contributed by atoms with Crippen LogP contribution in [0.4, 0.5) is 23.8 Å². The summed E-state index contributed by atoms with van der Waals surface area (Å²) in [4.78, 5) is 35.2. The maximum Gasteiger partial charge on any atom is 0.417 e. The van der Waals surface area contributed by atoms with E-state index in [-0.39, 0.29) is 48.5 Å². The van der Waals surface area contributed by atoms with E-state index in [1.807, 2.05) is 13.8 Å². The van der Waals surface area contributed by atoms with E-state index >= 15 is 0 Å². The highest BCUT2D eigenvalue weighted by Crippen LogP contribution is 2.51. The van der Waals surface area contributed by atoms with E-state index in [2.05, 4.69) is 4.98 Å². The second-order valence-corrected chi connectivity index (χ2v) is 14.0. The molecule has 5 rings (SSSR count). The zero-order valence-electron chi connectivity index (χ0n) is 24.0. The lowest BCUT2D eigenvalue weighted by atomic mass is 10.00. The summed E-state index contributed by atoms with van der Waals surface area (Å²) in [6, 6.07) is 1.49. The van der Waals surface area contributed by atoms with Gasteiger partial charge in [-0.1, -0.05) is 11.6 Å². The molecule has 0 N–H and O–H groups in total. The third-order valence-electron chi connectivity index (χ3n) is 7.23. The minimum atomic E-state index is -4.69. The molecule has 3 atom stereocenters. The van der Waals surface area contributed by atoms with Crippen LogP contribution in [0.3, 0.4) is 0 Å². The van der Waals surface area contributed by atoms with Crippen LogP contribution in [0.2, 0.25) is 5.02 Å². The molecule has 228 valence electrons. The SMILES string of the molecule is COC[C@H]1CSc2c(-c3cc(Cl)cs3)c(C(F)(F)F)cc3c(N4C[C@@H](C)N(C(=O)OC(C)(C)C)[C@@H](C)C4)nc(=O)n1c23. The number of carbonyl (C=O) groups excluding carboxylic acids is 1. The van der Waals surface area contributed by atoms with Gasteiger partial charge in [-0.3, -0.25) is 9.47 Å². The van der Waals surface area contributed by atoms with E-state index in [0.717, 1.165) is 17.4 Å². The highest BCUT2D eigenvalue weighted by atomic mass is 35.5. The largest absolute Gasteiger partial charge is 0.444 e. The van der Waals surface area contributed by atoms with Gasteiger partial charge in [0.15, 0.2) is 0 Å². The first-order chi connectivity index (χ1) is 19.6. The third-order valence-corrected chi connectivity index (χ3v) is 9.76. The van der Waals surface area contributed by atoms with E-state index in [1.165, 1.54) is 29.5 Å². The smallest absolute Gasteiger partial charge is 0.417 e. The van der Waals surface area contributed by atoms with E-state index < -0.39 is 35.2 Å². The fourth-order valence-corrected chi connectivity index (χ4v) is 8.25. The third kappa shape index (κ3) is 5.72. The van der Waals surface area contributed by atoms with E-state index in [9.17, 15) is 22.8 Å². The maximum absolute atomic E-state index is 14.7. The minimum Gasteiger partial charge on any atom is -0.444 e. The lowest BCUT2D eigenvalue weighted by Crippen LogP contribution is -2.60. The topological polar surface area (TPSA) is 76.9 Å². The van der Waals surface area contributed by atoms with E-state index in [1.54, 1.807) is 36.0 Å². The van der Waals surface area contributed by atoms with Crippen LogP contribution in [-0.4, -0.2) is 70.8 Å². The number of anilines is 1. The van der Waals surface area contributed by atoms with Gasteiger partial charge < -0.3 is 14.4 Å². The van der Waals surface area contributed by atoms with Gasteiger partial charge in [0.1, 0.15) is 11.4 Å². The Morgan fingerprint density at radius 3 is 2.38 bits per heavy atom. The van der Waals surface area contributed by atoms with Gasteiger partial charge in [-0.15, -0.1) is 23.1 Å². The number of carbonyl (C=O) groups is 1. The predicted molar refractivity (Wildman–Crippen MR) is 160 cm³/mol. The van der Waals surface area contributed by atoms with Crippen molar-refractivity contribution in [3.8, 4) is 10.4 Å². The number of hydrogen-bond acceptors (Lipinski definition) is 8. The molecule has 0 unspecified atom stereocenters. The van der Waals surface area contributed by atoms with Gasteiger partial charge in [-0.2, -0.15) is 18.2 Å². The molecular formula is C28H32ClF3N4O4S2. The Bertz CT molecular complexity index is 1570. The molecule has 0 aliphatic carbocycles. The quantitative estimate of drug-likeness (QED) is 0.305. The number of hydrogen-bond donors (Lipinski definition) is 0. The summed E-state index contributed by atoms with van der Waals surface area (Å²) in [6.45, 7) is 9.75. The number of rotatable bonds is 4. The van der Waals surface area contributed by atoms with Crippen molar-refractivity contribution in [3.63, 3.8) is 0 Å². The number of alkyl halides is 3. The Kier molecular flexibility index (Phi) is 8.27. The first kappa shape index (κ1) is 31.0. The number of amides is 1. The van der Waals surface area contributed by atoms with Crippen LogP contribution in [0.1, 0.15) is 46.2 Å². The monoisotopic (exact) mass is 644 g/mol. The van der Waals surface area contributed by atoms with Crippen LogP contribution in [0.25, 0.3) is 21.3 Å². The van der Waals surface area contributed by atoms with Crippen LogP contribution < -0.4 is 10.6 Å². The van der Waals surface area contributed by atoms with Crippen LogP contribution in [0.5, 0.6) is 0 Å². The average molecular weight is 645 g/mol. The van der Waals surface area contributed by atoms with Crippen LogP contribution in [-0.2, 0) is 15.7 Å². The summed E-state index contributed by atoms with van der Waals surface area (Å²) in [5.41, 5.74) is -1.66. The Morgan fingerprint density at radius 2 is 1.83 bits per heavy atom. The second kappa shape index (κ2) is 11.2. The van der Waals surface area contributed by atoms with Crippen molar-refractivity contribution in [2.24, 2.45) is 0 Å². The van der Waals surface area contributed by atoms with Crippen molar-refractivity contribution in [1.82, 2.24) is 14.5 Å².